The fraction of sp³-hybridized carbons (Fsp3) is 0.200. The summed E-state index contributed by atoms with van der Waals surface area (Å²) in [6, 6.07) is 12.8. The zero-order chi connectivity index (χ0) is 15.3. The number of rotatable bonds is 5. The number of alkyl halides is 3. The van der Waals surface area contributed by atoms with Crippen molar-refractivity contribution < 1.29 is 17.6 Å². The van der Waals surface area contributed by atoms with Gasteiger partial charge in [-0.3, -0.25) is 0 Å². The average molecular weight is 315 g/mol. The summed E-state index contributed by atoms with van der Waals surface area (Å²) >= 11 is 0.731. The maximum atomic E-state index is 13.1. The van der Waals surface area contributed by atoms with Gasteiger partial charge < -0.3 is 5.32 Å². The second-order valence-corrected chi connectivity index (χ2v) is 5.40. The van der Waals surface area contributed by atoms with Crippen molar-refractivity contribution in [1.29, 1.82) is 0 Å². The van der Waals surface area contributed by atoms with E-state index < -0.39 is 11.9 Å². The number of hydrogen-bond acceptors (Lipinski definition) is 2. The highest BCUT2D eigenvalue weighted by molar-refractivity contribution is 7.99. The van der Waals surface area contributed by atoms with E-state index in [9.17, 15) is 17.6 Å². The van der Waals surface area contributed by atoms with Crippen LogP contribution in [0.1, 0.15) is 5.56 Å². The molecule has 0 aliphatic heterocycles. The molecule has 0 amide bonds. The Labute approximate surface area is 124 Å². The molecule has 2 rings (SSSR count). The zero-order valence-electron chi connectivity index (χ0n) is 11.0. The summed E-state index contributed by atoms with van der Waals surface area (Å²) in [5, 5.41) is 3.04. The Balaban J connectivity index is 2.03. The van der Waals surface area contributed by atoms with Gasteiger partial charge in [0.2, 0.25) is 0 Å². The van der Waals surface area contributed by atoms with E-state index in [0.717, 1.165) is 17.3 Å². The molecule has 1 nitrogen and oxygen atoms in total. The Morgan fingerprint density at radius 1 is 1.00 bits per heavy atom. The van der Waals surface area contributed by atoms with Gasteiger partial charge >= 0.3 is 6.18 Å². The largest absolute Gasteiger partial charge is 0.398 e. The Kier molecular flexibility index (Phi) is 5.12. The van der Waals surface area contributed by atoms with E-state index in [1.807, 2.05) is 0 Å². The summed E-state index contributed by atoms with van der Waals surface area (Å²) in [5.41, 5.74) is 1.33. The van der Waals surface area contributed by atoms with Crippen LogP contribution in [-0.4, -0.2) is 11.9 Å². The number of halogens is 4. The number of anilines is 1. The Morgan fingerprint density at radius 2 is 1.76 bits per heavy atom. The van der Waals surface area contributed by atoms with Gasteiger partial charge in [-0.1, -0.05) is 24.3 Å². The topological polar surface area (TPSA) is 12.0 Å². The summed E-state index contributed by atoms with van der Waals surface area (Å²) in [5.74, 6) is -1.28. The molecular formula is C15H13F4NS. The average Bonchev–Trinajstić information content (AvgIpc) is 2.43. The third kappa shape index (κ3) is 5.30. The molecule has 0 bridgehead atoms. The van der Waals surface area contributed by atoms with Gasteiger partial charge in [-0.2, -0.15) is 13.2 Å². The SMILES string of the molecule is Fc1cccc(CNc2ccccc2SCC(F)(F)F)c1. The fourth-order valence-electron chi connectivity index (χ4n) is 1.74. The maximum absolute atomic E-state index is 13.1. The van der Waals surface area contributed by atoms with Crippen molar-refractivity contribution in [3.63, 3.8) is 0 Å². The molecule has 0 heterocycles. The van der Waals surface area contributed by atoms with E-state index in [2.05, 4.69) is 5.32 Å². The first-order chi connectivity index (χ1) is 9.94. The van der Waals surface area contributed by atoms with Gasteiger partial charge in [-0.15, -0.1) is 11.8 Å². The molecule has 0 spiro atoms. The summed E-state index contributed by atoms with van der Waals surface area (Å²) in [6.45, 7) is 0.349. The van der Waals surface area contributed by atoms with Crippen LogP contribution < -0.4 is 5.32 Å². The van der Waals surface area contributed by atoms with Gasteiger partial charge in [0.05, 0.1) is 5.75 Å². The lowest BCUT2D eigenvalue weighted by Crippen LogP contribution is -2.11. The highest BCUT2D eigenvalue weighted by Gasteiger charge is 2.27. The molecule has 0 saturated heterocycles. The second kappa shape index (κ2) is 6.85. The highest BCUT2D eigenvalue weighted by Crippen LogP contribution is 2.32. The number of benzene rings is 2. The minimum absolute atomic E-state index is 0.339. The van der Waals surface area contributed by atoms with Crippen LogP contribution in [0.5, 0.6) is 0 Å². The molecule has 0 aliphatic carbocycles. The third-order valence-corrected chi connectivity index (χ3v) is 3.79. The van der Waals surface area contributed by atoms with E-state index >= 15 is 0 Å². The van der Waals surface area contributed by atoms with Gasteiger partial charge in [0.15, 0.2) is 0 Å². The lowest BCUT2D eigenvalue weighted by atomic mass is 10.2. The lowest BCUT2D eigenvalue weighted by molar-refractivity contribution is -0.105. The molecule has 0 fully saturated rings. The molecule has 2 aromatic carbocycles. The molecule has 6 heteroatoms. The van der Waals surface area contributed by atoms with Crippen molar-refractivity contribution in [2.75, 3.05) is 11.1 Å². The summed E-state index contributed by atoms with van der Waals surface area (Å²) < 4.78 is 49.9. The lowest BCUT2D eigenvalue weighted by Gasteiger charge is -2.12. The monoisotopic (exact) mass is 315 g/mol. The predicted octanol–water partition coefficient (Wildman–Crippen LogP) is 5.09. The Morgan fingerprint density at radius 3 is 2.48 bits per heavy atom. The van der Waals surface area contributed by atoms with Crippen molar-refractivity contribution in [2.45, 2.75) is 17.6 Å². The molecule has 0 atom stereocenters. The molecule has 0 aliphatic rings. The summed E-state index contributed by atoms with van der Waals surface area (Å²) in [6.07, 6.45) is -4.21. The first-order valence-corrected chi connectivity index (χ1v) is 7.19. The smallest absolute Gasteiger partial charge is 0.380 e. The number of thioether (sulfide) groups is 1. The van der Waals surface area contributed by atoms with Crippen molar-refractivity contribution in [3.05, 3.63) is 59.9 Å². The summed E-state index contributed by atoms with van der Waals surface area (Å²) in [7, 11) is 0. The van der Waals surface area contributed by atoms with Crippen LogP contribution in [0.3, 0.4) is 0 Å². The highest BCUT2D eigenvalue weighted by atomic mass is 32.2. The van der Waals surface area contributed by atoms with Gasteiger partial charge in [0.1, 0.15) is 5.82 Å². The minimum atomic E-state index is -4.21. The van der Waals surface area contributed by atoms with Crippen molar-refractivity contribution >= 4 is 17.4 Å². The standard InChI is InChI=1S/C15H13F4NS/c16-12-5-3-4-11(8-12)9-20-13-6-1-2-7-14(13)21-10-15(17,18)19/h1-8,20H,9-10H2. The van der Waals surface area contributed by atoms with Crippen LogP contribution in [0, 0.1) is 5.82 Å². The van der Waals surface area contributed by atoms with Crippen molar-refractivity contribution in [3.8, 4) is 0 Å². The molecular weight excluding hydrogens is 302 g/mol. The first-order valence-electron chi connectivity index (χ1n) is 6.21. The minimum Gasteiger partial charge on any atom is -0.380 e. The van der Waals surface area contributed by atoms with Crippen LogP contribution in [-0.2, 0) is 6.54 Å². The van der Waals surface area contributed by atoms with Gasteiger partial charge in [-0.05, 0) is 29.8 Å². The molecule has 0 saturated carbocycles. The molecule has 21 heavy (non-hydrogen) atoms. The molecule has 0 radical (unpaired) electrons. The van der Waals surface area contributed by atoms with E-state index in [1.54, 1.807) is 36.4 Å². The number of nitrogens with one attached hydrogen (secondary N) is 1. The molecule has 0 aromatic heterocycles. The van der Waals surface area contributed by atoms with E-state index in [4.69, 9.17) is 0 Å². The van der Waals surface area contributed by atoms with E-state index in [1.165, 1.54) is 12.1 Å². The Bertz CT molecular complexity index is 598. The quantitative estimate of drug-likeness (QED) is 0.609. The van der Waals surface area contributed by atoms with E-state index in [-0.39, 0.29) is 5.82 Å². The summed E-state index contributed by atoms with van der Waals surface area (Å²) in [4.78, 5) is 0.520. The molecule has 0 unspecified atom stereocenters. The molecule has 2 aromatic rings. The van der Waals surface area contributed by atoms with Crippen LogP contribution in [0.15, 0.2) is 53.4 Å². The van der Waals surface area contributed by atoms with Gasteiger partial charge in [-0.25, -0.2) is 4.39 Å². The zero-order valence-corrected chi connectivity index (χ0v) is 11.8. The second-order valence-electron chi connectivity index (χ2n) is 4.38. The molecule has 1 N–H and O–H groups in total. The van der Waals surface area contributed by atoms with Gasteiger partial charge in [0.25, 0.3) is 0 Å². The van der Waals surface area contributed by atoms with Gasteiger partial charge in [0, 0.05) is 17.1 Å². The van der Waals surface area contributed by atoms with E-state index in [0.29, 0.717) is 17.1 Å². The predicted molar refractivity (Wildman–Crippen MR) is 76.9 cm³/mol. The van der Waals surface area contributed by atoms with Crippen molar-refractivity contribution in [1.82, 2.24) is 0 Å². The van der Waals surface area contributed by atoms with Crippen molar-refractivity contribution in [2.24, 2.45) is 0 Å². The van der Waals surface area contributed by atoms with Crippen LogP contribution >= 0.6 is 11.8 Å². The third-order valence-electron chi connectivity index (χ3n) is 2.65. The van der Waals surface area contributed by atoms with Crippen LogP contribution in [0.2, 0.25) is 0 Å². The normalized spacial score (nSPS) is 11.4. The fourth-order valence-corrected chi connectivity index (χ4v) is 2.53. The molecule has 112 valence electrons. The first kappa shape index (κ1) is 15.7. The van der Waals surface area contributed by atoms with Crippen LogP contribution in [0.25, 0.3) is 0 Å². The maximum Gasteiger partial charge on any atom is 0.398 e. The number of hydrogen-bond donors (Lipinski definition) is 1. The van der Waals surface area contributed by atoms with Crippen LogP contribution in [0.4, 0.5) is 23.2 Å². The Hall–Kier alpha value is -1.69. The number of para-hydroxylation sites is 1.